The number of hydrogen-bond donors (Lipinski definition) is 1. The molecule has 0 radical (unpaired) electrons. The van der Waals surface area contributed by atoms with E-state index in [9.17, 15) is 5.11 Å². The quantitative estimate of drug-likeness (QED) is 0.302. The first-order valence-electron chi connectivity index (χ1n) is 8.64. The van der Waals surface area contributed by atoms with E-state index in [1.165, 1.54) is 70.6 Å². The van der Waals surface area contributed by atoms with E-state index >= 15 is 0 Å². The normalized spacial score (nSPS) is 13.2. The van der Waals surface area contributed by atoms with Gasteiger partial charge in [-0.2, -0.15) is 0 Å². The zero-order valence-corrected chi connectivity index (χ0v) is 13.4. The van der Waals surface area contributed by atoms with Crippen LogP contribution >= 0.6 is 0 Å². The van der Waals surface area contributed by atoms with Crippen molar-refractivity contribution in [2.24, 2.45) is 0 Å². The van der Waals surface area contributed by atoms with Gasteiger partial charge in [0.25, 0.3) is 0 Å². The summed E-state index contributed by atoms with van der Waals surface area (Å²) in [7, 11) is 0. The van der Waals surface area contributed by atoms with E-state index in [4.69, 9.17) is 0 Å². The van der Waals surface area contributed by atoms with Crippen LogP contribution < -0.4 is 0 Å². The van der Waals surface area contributed by atoms with Crippen molar-refractivity contribution in [2.45, 2.75) is 103 Å². The lowest BCUT2D eigenvalue weighted by molar-refractivity contribution is 0.156. The topological polar surface area (TPSA) is 20.2 Å². The van der Waals surface area contributed by atoms with Gasteiger partial charge in [0.15, 0.2) is 0 Å². The number of allylic oxidation sites excluding steroid dienone is 2. The highest BCUT2D eigenvalue weighted by Gasteiger charge is 1.98. The summed E-state index contributed by atoms with van der Waals surface area (Å²) in [6.07, 6.45) is 21.1. The van der Waals surface area contributed by atoms with Crippen LogP contribution in [0.3, 0.4) is 0 Å². The molecule has 0 aliphatic carbocycles. The van der Waals surface area contributed by atoms with Crippen LogP contribution in [-0.4, -0.2) is 11.2 Å². The van der Waals surface area contributed by atoms with Gasteiger partial charge in [0, 0.05) is 0 Å². The minimum atomic E-state index is -0.0664. The Bertz CT molecular complexity index is 186. The monoisotopic (exact) mass is 268 g/mol. The summed E-state index contributed by atoms with van der Waals surface area (Å²) in [4.78, 5) is 0. The second-order valence-electron chi connectivity index (χ2n) is 5.73. The van der Waals surface area contributed by atoms with Gasteiger partial charge in [-0.3, -0.25) is 0 Å². The fraction of sp³-hybridized carbons (Fsp3) is 0.889. The number of hydrogen-bond acceptors (Lipinski definition) is 1. The number of unbranched alkanes of at least 4 members (excludes halogenated alkanes) is 9. The van der Waals surface area contributed by atoms with E-state index in [0.29, 0.717) is 0 Å². The van der Waals surface area contributed by atoms with Gasteiger partial charge >= 0.3 is 0 Å². The largest absolute Gasteiger partial charge is 0.393 e. The first kappa shape index (κ1) is 18.7. The van der Waals surface area contributed by atoms with Crippen LogP contribution in [0.2, 0.25) is 0 Å². The lowest BCUT2D eigenvalue weighted by Crippen LogP contribution is -2.03. The molecule has 1 unspecified atom stereocenters. The van der Waals surface area contributed by atoms with E-state index in [-0.39, 0.29) is 6.10 Å². The van der Waals surface area contributed by atoms with E-state index in [1.54, 1.807) is 0 Å². The van der Waals surface area contributed by atoms with Gasteiger partial charge in [0.1, 0.15) is 0 Å². The van der Waals surface area contributed by atoms with Crippen molar-refractivity contribution in [1.29, 1.82) is 0 Å². The van der Waals surface area contributed by atoms with Crippen molar-refractivity contribution in [2.75, 3.05) is 0 Å². The van der Waals surface area contributed by atoms with Crippen molar-refractivity contribution in [3.8, 4) is 0 Å². The molecule has 0 heterocycles. The summed E-state index contributed by atoms with van der Waals surface area (Å²) in [6.45, 7) is 4.32. The van der Waals surface area contributed by atoms with Gasteiger partial charge in [-0.15, -0.1) is 0 Å². The van der Waals surface area contributed by atoms with Crippen LogP contribution in [0.1, 0.15) is 97.3 Å². The second-order valence-corrected chi connectivity index (χ2v) is 5.73. The highest BCUT2D eigenvalue weighted by Crippen LogP contribution is 2.09. The standard InChI is InChI=1S/C18H36O/c1-3-5-6-7-8-9-10-11-12-13-14-15-16-17-18(19)4-2/h11-12,18-19H,3-10,13-17H2,1-2H3/b12-11-. The van der Waals surface area contributed by atoms with E-state index in [0.717, 1.165) is 12.8 Å². The van der Waals surface area contributed by atoms with Gasteiger partial charge in [0.2, 0.25) is 0 Å². The summed E-state index contributed by atoms with van der Waals surface area (Å²) < 4.78 is 0. The molecule has 114 valence electrons. The van der Waals surface area contributed by atoms with Gasteiger partial charge in [-0.05, 0) is 38.5 Å². The average Bonchev–Trinajstić information content (AvgIpc) is 2.43. The van der Waals surface area contributed by atoms with E-state index in [2.05, 4.69) is 26.0 Å². The molecule has 0 saturated heterocycles. The van der Waals surface area contributed by atoms with Crippen LogP contribution in [-0.2, 0) is 0 Å². The third kappa shape index (κ3) is 15.6. The van der Waals surface area contributed by atoms with Crippen LogP contribution in [0.15, 0.2) is 12.2 Å². The Balaban J connectivity index is 3.09. The molecule has 1 N–H and O–H groups in total. The molecule has 0 aromatic rings. The summed E-state index contributed by atoms with van der Waals surface area (Å²) >= 11 is 0. The molecule has 0 bridgehead atoms. The zero-order chi connectivity index (χ0) is 14.2. The van der Waals surface area contributed by atoms with Crippen molar-refractivity contribution in [3.05, 3.63) is 12.2 Å². The molecule has 1 atom stereocenters. The maximum Gasteiger partial charge on any atom is 0.0537 e. The maximum absolute atomic E-state index is 9.42. The SMILES string of the molecule is CCCCCCCC/C=C\CCCCCC(O)CC. The summed E-state index contributed by atoms with van der Waals surface area (Å²) in [5.74, 6) is 0. The van der Waals surface area contributed by atoms with Crippen LogP contribution in [0.5, 0.6) is 0 Å². The summed E-state index contributed by atoms with van der Waals surface area (Å²) in [5, 5.41) is 9.42. The second kappa shape index (κ2) is 15.8. The van der Waals surface area contributed by atoms with Crippen molar-refractivity contribution in [3.63, 3.8) is 0 Å². The molecule has 0 aliphatic heterocycles. The molecule has 0 aliphatic rings. The predicted octanol–water partition coefficient (Wildman–Crippen LogP) is 6.01. The third-order valence-electron chi connectivity index (χ3n) is 3.77. The molecule has 0 aromatic carbocycles. The Morgan fingerprint density at radius 3 is 1.84 bits per heavy atom. The molecule has 0 aromatic heterocycles. The predicted molar refractivity (Wildman–Crippen MR) is 86.5 cm³/mol. The molecular formula is C18H36O. The lowest BCUT2D eigenvalue weighted by atomic mass is 10.1. The Morgan fingerprint density at radius 2 is 1.26 bits per heavy atom. The first-order valence-corrected chi connectivity index (χ1v) is 8.64. The van der Waals surface area contributed by atoms with Gasteiger partial charge in [-0.25, -0.2) is 0 Å². The van der Waals surface area contributed by atoms with Crippen molar-refractivity contribution < 1.29 is 5.11 Å². The Labute approximate surface area is 121 Å². The Kier molecular flexibility index (Phi) is 15.5. The lowest BCUT2D eigenvalue weighted by Gasteiger charge is -2.05. The molecular weight excluding hydrogens is 232 g/mol. The minimum Gasteiger partial charge on any atom is -0.393 e. The molecule has 0 amide bonds. The molecule has 19 heavy (non-hydrogen) atoms. The maximum atomic E-state index is 9.42. The fourth-order valence-electron chi connectivity index (χ4n) is 2.30. The smallest absolute Gasteiger partial charge is 0.0537 e. The fourth-order valence-corrected chi connectivity index (χ4v) is 2.30. The first-order chi connectivity index (χ1) is 9.31. The van der Waals surface area contributed by atoms with Gasteiger partial charge in [-0.1, -0.05) is 70.9 Å². The zero-order valence-electron chi connectivity index (χ0n) is 13.4. The van der Waals surface area contributed by atoms with Crippen molar-refractivity contribution in [1.82, 2.24) is 0 Å². The summed E-state index contributed by atoms with van der Waals surface area (Å²) in [5.41, 5.74) is 0. The van der Waals surface area contributed by atoms with Crippen LogP contribution in [0, 0.1) is 0 Å². The molecule has 1 nitrogen and oxygen atoms in total. The number of aliphatic hydroxyl groups is 1. The summed E-state index contributed by atoms with van der Waals surface area (Å²) in [6, 6.07) is 0. The number of aliphatic hydroxyl groups excluding tert-OH is 1. The van der Waals surface area contributed by atoms with Gasteiger partial charge in [0.05, 0.1) is 6.10 Å². The molecule has 0 rings (SSSR count). The minimum absolute atomic E-state index is 0.0664. The van der Waals surface area contributed by atoms with Gasteiger partial charge < -0.3 is 5.11 Å². The average molecular weight is 268 g/mol. The number of rotatable bonds is 14. The third-order valence-corrected chi connectivity index (χ3v) is 3.77. The van der Waals surface area contributed by atoms with E-state index in [1.807, 2.05) is 0 Å². The Hall–Kier alpha value is -0.300. The Morgan fingerprint density at radius 1 is 0.737 bits per heavy atom. The molecule has 0 spiro atoms. The van der Waals surface area contributed by atoms with Crippen LogP contribution in [0.4, 0.5) is 0 Å². The van der Waals surface area contributed by atoms with Crippen molar-refractivity contribution >= 4 is 0 Å². The molecule has 0 fully saturated rings. The molecule has 0 saturated carbocycles. The highest BCUT2D eigenvalue weighted by molar-refractivity contribution is 4.81. The molecule has 1 heteroatoms. The highest BCUT2D eigenvalue weighted by atomic mass is 16.3. The van der Waals surface area contributed by atoms with Crippen LogP contribution in [0.25, 0.3) is 0 Å². The van der Waals surface area contributed by atoms with E-state index < -0.39 is 0 Å².